The van der Waals surface area contributed by atoms with Crippen LogP contribution in [0.2, 0.25) is 0 Å². The standard InChI is InChI=1S/C14H27NO/c1-14(11-16)9-5-8-13(14)15-10-12-6-3-2-4-7-12/h12-13,15-16H,2-11H2,1H3. The summed E-state index contributed by atoms with van der Waals surface area (Å²) < 4.78 is 0. The Morgan fingerprint density at radius 2 is 1.88 bits per heavy atom. The van der Waals surface area contributed by atoms with Gasteiger partial charge in [0.1, 0.15) is 0 Å². The molecule has 2 atom stereocenters. The van der Waals surface area contributed by atoms with E-state index < -0.39 is 0 Å². The Labute approximate surface area is 99.8 Å². The molecular formula is C14H27NO. The third kappa shape index (κ3) is 2.78. The number of aliphatic hydroxyl groups is 1. The van der Waals surface area contributed by atoms with Gasteiger partial charge in [-0.1, -0.05) is 32.6 Å². The van der Waals surface area contributed by atoms with Crippen LogP contribution in [0.3, 0.4) is 0 Å². The highest BCUT2D eigenvalue weighted by Gasteiger charge is 2.38. The molecule has 0 amide bonds. The van der Waals surface area contributed by atoms with Gasteiger partial charge in [0.2, 0.25) is 0 Å². The van der Waals surface area contributed by atoms with Gasteiger partial charge in [0.25, 0.3) is 0 Å². The van der Waals surface area contributed by atoms with Gasteiger partial charge in [0, 0.05) is 18.1 Å². The van der Waals surface area contributed by atoms with Crippen molar-refractivity contribution in [3.05, 3.63) is 0 Å². The van der Waals surface area contributed by atoms with Gasteiger partial charge in [-0.2, -0.15) is 0 Å². The van der Waals surface area contributed by atoms with Crippen LogP contribution in [-0.2, 0) is 0 Å². The van der Waals surface area contributed by atoms with Crippen LogP contribution in [0.15, 0.2) is 0 Å². The maximum Gasteiger partial charge on any atom is 0.0499 e. The minimum absolute atomic E-state index is 0.147. The fraction of sp³-hybridized carbons (Fsp3) is 1.00. The summed E-state index contributed by atoms with van der Waals surface area (Å²) in [6, 6.07) is 0.555. The van der Waals surface area contributed by atoms with Crippen molar-refractivity contribution in [3.63, 3.8) is 0 Å². The molecule has 2 aliphatic carbocycles. The van der Waals surface area contributed by atoms with Gasteiger partial charge < -0.3 is 10.4 Å². The lowest BCUT2D eigenvalue weighted by Gasteiger charge is -2.32. The van der Waals surface area contributed by atoms with Gasteiger partial charge in [0.05, 0.1) is 0 Å². The molecule has 0 aliphatic heterocycles. The van der Waals surface area contributed by atoms with Crippen molar-refractivity contribution in [2.75, 3.05) is 13.2 Å². The van der Waals surface area contributed by atoms with Crippen molar-refractivity contribution < 1.29 is 5.11 Å². The van der Waals surface area contributed by atoms with Crippen molar-refractivity contribution in [2.45, 2.75) is 64.3 Å². The molecule has 94 valence electrons. The Kier molecular flexibility index (Phi) is 4.26. The van der Waals surface area contributed by atoms with Gasteiger partial charge in [-0.3, -0.25) is 0 Å². The molecule has 0 aromatic carbocycles. The average Bonchev–Trinajstić information content (AvgIpc) is 2.70. The van der Waals surface area contributed by atoms with E-state index >= 15 is 0 Å². The van der Waals surface area contributed by atoms with E-state index in [1.165, 1.54) is 57.9 Å². The average molecular weight is 225 g/mol. The van der Waals surface area contributed by atoms with Crippen LogP contribution >= 0.6 is 0 Å². The molecule has 2 unspecified atom stereocenters. The zero-order valence-electron chi connectivity index (χ0n) is 10.7. The van der Waals surface area contributed by atoms with Gasteiger partial charge in [0.15, 0.2) is 0 Å². The summed E-state index contributed by atoms with van der Waals surface area (Å²) in [4.78, 5) is 0. The third-order valence-electron chi connectivity index (χ3n) is 4.82. The van der Waals surface area contributed by atoms with E-state index in [1.54, 1.807) is 0 Å². The molecule has 2 fully saturated rings. The summed E-state index contributed by atoms with van der Waals surface area (Å²) >= 11 is 0. The fourth-order valence-electron chi connectivity index (χ4n) is 3.47. The lowest BCUT2D eigenvalue weighted by Crippen LogP contribution is -2.43. The van der Waals surface area contributed by atoms with Crippen LogP contribution in [0, 0.1) is 11.3 Å². The predicted octanol–water partition coefficient (Wildman–Crippen LogP) is 2.71. The molecule has 0 aromatic rings. The van der Waals surface area contributed by atoms with Crippen molar-refractivity contribution in [1.82, 2.24) is 5.32 Å². The second-order valence-corrected chi connectivity index (χ2v) is 6.17. The quantitative estimate of drug-likeness (QED) is 0.771. The molecule has 0 aromatic heterocycles. The smallest absolute Gasteiger partial charge is 0.0499 e. The van der Waals surface area contributed by atoms with Crippen LogP contribution in [-0.4, -0.2) is 24.3 Å². The largest absolute Gasteiger partial charge is 0.396 e. The first-order chi connectivity index (χ1) is 7.74. The highest BCUT2D eigenvalue weighted by molar-refractivity contribution is 4.93. The van der Waals surface area contributed by atoms with Crippen molar-refractivity contribution >= 4 is 0 Å². The van der Waals surface area contributed by atoms with Gasteiger partial charge in [-0.05, 0) is 38.1 Å². The summed E-state index contributed by atoms with van der Waals surface area (Å²) in [6.07, 6.45) is 10.8. The van der Waals surface area contributed by atoms with Crippen molar-refractivity contribution in [2.24, 2.45) is 11.3 Å². The maximum absolute atomic E-state index is 9.49. The van der Waals surface area contributed by atoms with Crippen LogP contribution in [0.1, 0.15) is 58.3 Å². The first-order valence-corrected chi connectivity index (χ1v) is 7.09. The summed E-state index contributed by atoms with van der Waals surface area (Å²) in [5.41, 5.74) is 0.147. The van der Waals surface area contributed by atoms with E-state index in [2.05, 4.69) is 12.2 Å². The molecule has 0 radical (unpaired) electrons. The lowest BCUT2D eigenvalue weighted by molar-refractivity contribution is 0.115. The van der Waals surface area contributed by atoms with Crippen LogP contribution in [0.5, 0.6) is 0 Å². The molecule has 0 heterocycles. The van der Waals surface area contributed by atoms with Gasteiger partial charge >= 0.3 is 0 Å². The van der Waals surface area contributed by atoms with E-state index in [0.717, 1.165) is 5.92 Å². The third-order valence-corrected chi connectivity index (χ3v) is 4.82. The van der Waals surface area contributed by atoms with E-state index in [4.69, 9.17) is 0 Å². The number of hydrogen-bond donors (Lipinski definition) is 2. The molecule has 16 heavy (non-hydrogen) atoms. The molecule has 2 nitrogen and oxygen atoms in total. The van der Waals surface area contributed by atoms with Crippen molar-refractivity contribution in [3.8, 4) is 0 Å². The maximum atomic E-state index is 9.49. The summed E-state index contributed by atoms with van der Waals surface area (Å²) in [5.74, 6) is 0.900. The van der Waals surface area contributed by atoms with E-state index in [9.17, 15) is 5.11 Å². The number of aliphatic hydroxyl groups excluding tert-OH is 1. The monoisotopic (exact) mass is 225 g/mol. The molecule has 0 bridgehead atoms. The summed E-state index contributed by atoms with van der Waals surface area (Å²) in [6.45, 7) is 3.76. The highest BCUT2D eigenvalue weighted by Crippen LogP contribution is 2.37. The molecule has 2 N–H and O–H groups in total. The van der Waals surface area contributed by atoms with Gasteiger partial charge in [-0.15, -0.1) is 0 Å². The van der Waals surface area contributed by atoms with Gasteiger partial charge in [-0.25, -0.2) is 0 Å². The normalized spacial score (nSPS) is 36.8. The zero-order valence-corrected chi connectivity index (χ0v) is 10.7. The minimum atomic E-state index is 0.147. The van der Waals surface area contributed by atoms with E-state index in [0.29, 0.717) is 12.6 Å². The number of hydrogen-bond acceptors (Lipinski definition) is 2. The Morgan fingerprint density at radius 3 is 2.56 bits per heavy atom. The van der Waals surface area contributed by atoms with Crippen LogP contribution in [0.25, 0.3) is 0 Å². The zero-order chi connectivity index (χ0) is 11.4. The molecule has 0 saturated heterocycles. The van der Waals surface area contributed by atoms with Crippen LogP contribution in [0.4, 0.5) is 0 Å². The van der Waals surface area contributed by atoms with Crippen LogP contribution < -0.4 is 5.32 Å². The number of rotatable bonds is 4. The molecule has 2 rings (SSSR count). The highest BCUT2D eigenvalue weighted by atomic mass is 16.3. The SMILES string of the molecule is CC1(CO)CCCC1NCC1CCCCC1. The van der Waals surface area contributed by atoms with E-state index in [1.807, 2.05) is 0 Å². The summed E-state index contributed by atoms with van der Waals surface area (Å²) in [7, 11) is 0. The first kappa shape index (κ1) is 12.4. The second-order valence-electron chi connectivity index (χ2n) is 6.17. The molecule has 2 heteroatoms. The Hall–Kier alpha value is -0.0800. The second kappa shape index (κ2) is 5.50. The Balaban J connectivity index is 1.76. The molecular weight excluding hydrogens is 198 g/mol. The lowest BCUT2D eigenvalue weighted by atomic mass is 9.84. The topological polar surface area (TPSA) is 32.3 Å². The minimum Gasteiger partial charge on any atom is -0.396 e. The molecule has 2 aliphatic rings. The van der Waals surface area contributed by atoms with Crippen molar-refractivity contribution in [1.29, 1.82) is 0 Å². The first-order valence-electron chi connectivity index (χ1n) is 7.09. The predicted molar refractivity (Wildman–Crippen MR) is 67.4 cm³/mol. The fourth-order valence-corrected chi connectivity index (χ4v) is 3.47. The van der Waals surface area contributed by atoms with E-state index in [-0.39, 0.29) is 5.41 Å². The Bertz CT molecular complexity index is 213. The number of nitrogens with one attached hydrogen (secondary N) is 1. The molecule has 0 spiro atoms. The summed E-state index contributed by atoms with van der Waals surface area (Å²) in [5, 5.41) is 13.2. The molecule has 2 saturated carbocycles. The Morgan fingerprint density at radius 1 is 1.12 bits per heavy atom.